The molecule has 0 saturated heterocycles. The largest absolute Gasteiger partial charge is 0.308 e. The topological polar surface area (TPSA) is 57.7 Å². The van der Waals surface area contributed by atoms with Crippen LogP contribution in [0.4, 0.5) is 10.1 Å². The monoisotopic (exact) mass is 402 g/mol. The van der Waals surface area contributed by atoms with Crippen LogP contribution in [0.2, 0.25) is 0 Å². The Hall–Kier alpha value is -2.51. The minimum absolute atomic E-state index is 0.242. The SMILES string of the molecule is CCN(CC)S(=O)(=O)c1ccc2c(c1)CCN2C(=O)/C=C/c1ccccc1F. The van der Waals surface area contributed by atoms with Crippen molar-refractivity contribution in [3.05, 3.63) is 65.5 Å². The number of sulfonamides is 1. The lowest BCUT2D eigenvalue weighted by atomic mass is 10.2. The maximum absolute atomic E-state index is 13.7. The summed E-state index contributed by atoms with van der Waals surface area (Å²) in [5, 5.41) is 0. The lowest BCUT2D eigenvalue weighted by molar-refractivity contribution is -0.114. The van der Waals surface area contributed by atoms with Gasteiger partial charge >= 0.3 is 0 Å². The first-order chi connectivity index (χ1) is 13.4. The van der Waals surface area contributed by atoms with E-state index in [1.165, 1.54) is 22.5 Å². The van der Waals surface area contributed by atoms with Gasteiger partial charge in [0.25, 0.3) is 5.91 Å². The molecule has 0 radical (unpaired) electrons. The van der Waals surface area contributed by atoms with Crippen LogP contribution in [0, 0.1) is 5.82 Å². The number of anilines is 1. The molecule has 2 aromatic rings. The van der Waals surface area contributed by atoms with Crippen LogP contribution >= 0.6 is 0 Å². The van der Waals surface area contributed by atoms with Crippen molar-refractivity contribution in [1.82, 2.24) is 4.31 Å². The van der Waals surface area contributed by atoms with E-state index in [2.05, 4.69) is 0 Å². The first kappa shape index (κ1) is 20.2. The Bertz CT molecular complexity index is 1010. The van der Waals surface area contributed by atoms with Crippen molar-refractivity contribution in [2.75, 3.05) is 24.5 Å². The fraction of sp³-hybridized carbons (Fsp3) is 0.286. The number of nitrogens with zero attached hydrogens (tertiary/aromatic N) is 2. The van der Waals surface area contributed by atoms with Crippen LogP contribution in [0.25, 0.3) is 6.08 Å². The highest BCUT2D eigenvalue weighted by molar-refractivity contribution is 7.89. The second-order valence-corrected chi connectivity index (χ2v) is 8.41. The fourth-order valence-corrected chi connectivity index (χ4v) is 4.85. The molecule has 3 rings (SSSR count). The molecule has 0 bridgehead atoms. The second-order valence-electron chi connectivity index (χ2n) is 6.47. The number of amides is 1. The zero-order valence-corrected chi connectivity index (χ0v) is 16.7. The number of carbonyl (C=O) groups excluding carboxylic acids is 1. The van der Waals surface area contributed by atoms with Crippen LogP contribution in [0.15, 0.2) is 53.4 Å². The molecule has 0 unspecified atom stereocenters. The number of fused-ring (bicyclic) bond motifs is 1. The van der Waals surface area contributed by atoms with E-state index in [1.807, 2.05) is 0 Å². The van der Waals surface area contributed by atoms with Gasteiger partial charge < -0.3 is 4.90 Å². The number of hydrogen-bond acceptors (Lipinski definition) is 3. The third-order valence-electron chi connectivity index (χ3n) is 4.87. The van der Waals surface area contributed by atoms with E-state index in [-0.39, 0.29) is 16.6 Å². The molecular weight excluding hydrogens is 379 g/mol. The number of rotatable bonds is 6. The molecule has 0 spiro atoms. The summed E-state index contributed by atoms with van der Waals surface area (Å²) in [7, 11) is -3.54. The molecule has 2 aromatic carbocycles. The summed E-state index contributed by atoms with van der Waals surface area (Å²) in [6, 6.07) is 11.1. The van der Waals surface area contributed by atoms with Crippen molar-refractivity contribution in [2.45, 2.75) is 25.2 Å². The Morgan fingerprint density at radius 2 is 1.89 bits per heavy atom. The van der Waals surface area contributed by atoms with Crippen molar-refractivity contribution in [2.24, 2.45) is 0 Å². The maximum atomic E-state index is 13.7. The van der Waals surface area contributed by atoms with E-state index in [4.69, 9.17) is 0 Å². The van der Waals surface area contributed by atoms with Gasteiger partial charge in [0.05, 0.1) is 4.90 Å². The molecule has 7 heteroatoms. The van der Waals surface area contributed by atoms with Crippen LogP contribution < -0.4 is 4.90 Å². The molecule has 0 saturated carbocycles. The third-order valence-corrected chi connectivity index (χ3v) is 6.91. The predicted molar refractivity (Wildman–Crippen MR) is 108 cm³/mol. The highest BCUT2D eigenvalue weighted by atomic mass is 32.2. The Morgan fingerprint density at radius 1 is 1.18 bits per heavy atom. The number of carbonyl (C=O) groups is 1. The standard InChI is InChI=1S/C21H23FN2O3S/c1-3-23(4-2)28(26,27)18-10-11-20-17(15-18)13-14-24(20)21(25)12-9-16-7-5-6-8-19(16)22/h5-12,15H,3-4,13-14H2,1-2H3/b12-9+. The fourth-order valence-electron chi connectivity index (χ4n) is 3.34. The van der Waals surface area contributed by atoms with Gasteiger partial charge in [-0.1, -0.05) is 32.0 Å². The molecule has 0 aromatic heterocycles. The second kappa shape index (κ2) is 8.24. The van der Waals surface area contributed by atoms with Crippen molar-refractivity contribution < 1.29 is 17.6 Å². The van der Waals surface area contributed by atoms with Gasteiger partial charge in [0, 0.05) is 37.0 Å². The van der Waals surface area contributed by atoms with Gasteiger partial charge in [0.15, 0.2) is 0 Å². The van der Waals surface area contributed by atoms with Crippen molar-refractivity contribution >= 4 is 27.7 Å². The summed E-state index contributed by atoms with van der Waals surface area (Å²) >= 11 is 0. The molecule has 148 valence electrons. The summed E-state index contributed by atoms with van der Waals surface area (Å²) in [6.07, 6.45) is 3.37. The molecule has 5 nitrogen and oxygen atoms in total. The first-order valence-corrected chi connectivity index (χ1v) is 10.7. The molecular formula is C21H23FN2O3S. The normalized spacial score (nSPS) is 14.1. The summed E-state index contributed by atoms with van der Waals surface area (Å²) < 4.78 is 40.5. The Balaban J connectivity index is 1.83. The summed E-state index contributed by atoms with van der Waals surface area (Å²) in [5.41, 5.74) is 1.86. The van der Waals surface area contributed by atoms with Gasteiger partial charge in [-0.2, -0.15) is 4.31 Å². The van der Waals surface area contributed by atoms with E-state index in [1.54, 1.807) is 55.1 Å². The van der Waals surface area contributed by atoms with Crippen LogP contribution in [-0.2, 0) is 21.2 Å². The third kappa shape index (κ3) is 3.86. The molecule has 1 heterocycles. The lowest BCUT2D eigenvalue weighted by Crippen LogP contribution is -2.30. The average Bonchev–Trinajstić information content (AvgIpc) is 3.11. The van der Waals surface area contributed by atoms with E-state index in [9.17, 15) is 17.6 Å². The lowest BCUT2D eigenvalue weighted by Gasteiger charge is -2.19. The van der Waals surface area contributed by atoms with Gasteiger partial charge in [-0.25, -0.2) is 12.8 Å². The molecule has 0 atom stereocenters. The highest BCUT2D eigenvalue weighted by Crippen LogP contribution is 2.31. The van der Waals surface area contributed by atoms with E-state index < -0.39 is 10.0 Å². The predicted octanol–water partition coefficient (Wildman–Crippen LogP) is 3.46. The summed E-state index contributed by atoms with van der Waals surface area (Å²) in [5.74, 6) is -0.652. The van der Waals surface area contributed by atoms with Crippen molar-refractivity contribution in [3.8, 4) is 0 Å². The molecule has 1 aliphatic heterocycles. The van der Waals surface area contributed by atoms with Crippen LogP contribution in [0.5, 0.6) is 0 Å². The number of halogens is 1. The molecule has 28 heavy (non-hydrogen) atoms. The molecule has 0 N–H and O–H groups in total. The van der Waals surface area contributed by atoms with Crippen LogP contribution in [0.3, 0.4) is 0 Å². The van der Waals surface area contributed by atoms with Gasteiger partial charge in [-0.05, 0) is 42.3 Å². The maximum Gasteiger partial charge on any atom is 0.251 e. The average molecular weight is 402 g/mol. The highest BCUT2D eigenvalue weighted by Gasteiger charge is 2.27. The zero-order valence-electron chi connectivity index (χ0n) is 15.9. The Labute approximate surface area is 165 Å². The minimum Gasteiger partial charge on any atom is -0.308 e. The van der Waals surface area contributed by atoms with E-state index in [0.29, 0.717) is 37.3 Å². The van der Waals surface area contributed by atoms with Gasteiger partial charge in [0.1, 0.15) is 5.82 Å². The Kier molecular flexibility index (Phi) is 5.96. The molecule has 0 fully saturated rings. The molecule has 1 aliphatic rings. The summed E-state index contributed by atoms with van der Waals surface area (Å²) in [4.78, 5) is 14.4. The number of hydrogen-bond donors (Lipinski definition) is 0. The van der Waals surface area contributed by atoms with E-state index in [0.717, 1.165) is 5.56 Å². The van der Waals surface area contributed by atoms with Crippen molar-refractivity contribution in [1.29, 1.82) is 0 Å². The smallest absolute Gasteiger partial charge is 0.251 e. The van der Waals surface area contributed by atoms with Gasteiger partial charge in [-0.15, -0.1) is 0 Å². The van der Waals surface area contributed by atoms with Gasteiger partial charge in [0.2, 0.25) is 10.0 Å². The van der Waals surface area contributed by atoms with Crippen LogP contribution in [-0.4, -0.2) is 38.3 Å². The molecule has 1 amide bonds. The van der Waals surface area contributed by atoms with Crippen molar-refractivity contribution in [3.63, 3.8) is 0 Å². The van der Waals surface area contributed by atoms with Crippen LogP contribution in [0.1, 0.15) is 25.0 Å². The minimum atomic E-state index is -3.54. The first-order valence-electron chi connectivity index (χ1n) is 9.25. The zero-order chi connectivity index (χ0) is 20.3. The Morgan fingerprint density at radius 3 is 2.57 bits per heavy atom. The summed E-state index contributed by atoms with van der Waals surface area (Å²) in [6.45, 7) is 4.88. The molecule has 0 aliphatic carbocycles. The number of benzene rings is 2. The quantitative estimate of drug-likeness (QED) is 0.696. The van der Waals surface area contributed by atoms with Gasteiger partial charge in [-0.3, -0.25) is 4.79 Å². The van der Waals surface area contributed by atoms with E-state index >= 15 is 0 Å².